The third kappa shape index (κ3) is 5.97. The molecular formula is C16H21ClN2O3S. The number of piperidine rings is 1. The maximum absolute atomic E-state index is 12.4. The number of sulfonamides is 1. The molecule has 0 radical (unpaired) electrons. The van der Waals surface area contributed by atoms with Crippen molar-refractivity contribution in [2.75, 3.05) is 19.3 Å². The van der Waals surface area contributed by atoms with Gasteiger partial charge in [0.25, 0.3) is 0 Å². The zero-order valence-corrected chi connectivity index (χ0v) is 14.6. The summed E-state index contributed by atoms with van der Waals surface area (Å²) in [5.41, 5.74) is 0.855. The molecule has 0 aromatic heterocycles. The summed E-state index contributed by atoms with van der Waals surface area (Å²) in [6.45, 7) is 0.907. The lowest BCUT2D eigenvalue weighted by molar-refractivity contribution is -0.129. The molecule has 126 valence electrons. The van der Waals surface area contributed by atoms with E-state index in [1.165, 1.54) is 6.08 Å². The first-order chi connectivity index (χ1) is 10.8. The monoisotopic (exact) mass is 356 g/mol. The number of rotatable bonds is 5. The average molecular weight is 357 g/mol. The highest BCUT2D eigenvalue weighted by Gasteiger charge is 2.25. The molecule has 5 nitrogen and oxygen atoms in total. The lowest BCUT2D eigenvalue weighted by atomic mass is 10.0. The van der Waals surface area contributed by atoms with Crippen molar-refractivity contribution in [2.45, 2.75) is 25.3 Å². The number of hydrogen-bond acceptors (Lipinski definition) is 3. The lowest BCUT2D eigenvalue weighted by Gasteiger charge is -2.35. The van der Waals surface area contributed by atoms with Crippen molar-refractivity contribution in [3.8, 4) is 0 Å². The quantitative estimate of drug-likeness (QED) is 0.823. The summed E-state index contributed by atoms with van der Waals surface area (Å²) in [6, 6.07) is 7.15. The van der Waals surface area contributed by atoms with Gasteiger partial charge < -0.3 is 4.90 Å². The van der Waals surface area contributed by atoms with Crippen LogP contribution in [0.3, 0.4) is 0 Å². The van der Waals surface area contributed by atoms with E-state index in [1.807, 2.05) is 12.1 Å². The molecule has 1 heterocycles. The average Bonchev–Trinajstić information content (AvgIpc) is 2.50. The normalized spacial score (nSPS) is 19.2. The minimum absolute atomic E-state index is 0.102. The zero-order valence-electron chi connectivity index (χ0n) is 13.0. The highest BCUT2D eigenvalue weighted by atomic mass is 35.5. The van der Waals surface area contributed by atoms with Gasteiger partial charge in [0, 0.05) is 30.2 Å². The Bertz CT molecular complexity index is 688. The number of carbonyl (C=O) groups excluding carboxylic acids is 1. The fourth-order valence-electron chi connectivity index (χ4n) is 2.62. The number of benzene rings is 1. The molecule has 1 atom stereocenters. The van der Waals surface area contributed by atoms with Crippen LogP contribution in [0.1, 0.15) is 24.8 Å². The van der Waals surface area contributed by atoms with Crippen molar-refractivity contribution in [2.24, 2.45) is 0 Å². The smallest absolute Gasteiger partial charge is 0.246 e. The maximum Gasteiger partial charge on any atom is 0.246 e. The number of nitrogens with one attached hydrogen (secondary N) is 1. The fourth-order valence-corrected chi connectivity index (χ4v) is 3.32. The van der Waals surface area contributed by atoms with Gasteiger partial charge in [-0.25, -0.2) is 13.1 Å². The van der Waals surface area contributed by atoms with E-state index < -0.39 is 10.0 Å². The fraction of sp³-hybridized carbons (Fsp3) is 0.438. The van der Waals surface area contributed by atoms with Crippen molar-refractivity contribution in [3.63, 3.8) is 0 Å². The van der Waals surface area contributed by atoms with Crippen LogP contribution in [0.2, 0.25) is 5.02 Å². The van der Waals surface area contributed by atoms with Gasteiger partial charge in [-0.2, -0.15) is 0 Å². The van der Waals surface area contributed by atoms with Crippen molar-refractivity contribution in [3.05, 3.63) is 40.9 Å². The molecule has 0 spiro atoms. The number of likely N-dealkylation sites (tertiary alicyclic amines) is 1. The molecule has 1 aliphatic rings. The van der Waals surface area contributed by atoms with Crippen LogP contribution < -0.4 is 4.72 Å². The second-order valence-corrected chi connectivity index (χ2v) is 7.96. The predicted octanol–water partition coefficient (Wildman–Crippen LogP) is 2.28. The highest BCUT2D eigenvalue weighted by Crippen LogP contribution is 2.18. The van der Waals surface area contributed by atoms with Gasteiger partial charge in [0.1, 0.15) is 0 Å². The molecule has 1 amide bonds. The third-order valence-electron chi connectivity index (χ3n) is 3.76. The first-order valence-electron chi connectivity index (χ1n) is 7.54. The Morgan fingerprint density at radius 1 is 1.43 bits per heavy atom. The Morgan fingerprint density at radius 3 is 2.91 bits per heavy atom. The van der Waals surface area contributed by atoms with Gasteiger partial charge >= 0.3 is 0 Å². The molecule has 1 aliphatic heterocycles. The molecule has 1 aromatic rings. The summed E-state index contributed by atoms with van der Waals surface area (Å²) in [6.07, 6.45) is 7.11. The van der Waals surface area contributed by atoms with Crippen LogP contribution in [-0.4, -0.2) is 44.6 Å². The van der Waals surface area contributed by atoms with E-state index in [0.29, 0.717) is 11.6 Å². The SMILES string of the molecule is CS(=O)(=O)NCC1CCCCN1C(=O)/C=C/c1cccc(Cl)c1. The van der Waals surface area contributed by atoms with Gasteiger partial charge in [-0.05, 0) is 43.0 Å². The second-order valence-electron chi connectivity index (χ2n) is 5.69. The van der Waals surface area contributed by atoms with Crippen LogP contribution in [0.15, 0.2) is 30.3 Å². The number of carbonyl (C=O) groups is 1. The summed E-state index contributed by atoms with van der Waals surface area (Å²) < 4.78 is 25.0. The van der Waals surface area contributed by atoms with Crippen LogP contribution in [0.5, 0.6) is 0 Å². The van der Waals surface area contributed by atoms with E-state index in [-0.39, 0.29) is 18.5 Å². The van der Waals surface area contributed by atoms with E-state index in [1.54, 1.807) is 23.1 Å². The highest BCUT2D eigenvalue weighted by molar-refractivity contribution is 7.88. The standard InChI is InChI=1S/C16H21ClN2O3S/c1-23(21,22)18-12-15-7-2-3-10-19(15)16(20)9-8-13-5-4-6-14(17)11-13/h4-6,8-9,11,15,18H,2-3,7,10,12H2,1H3/b9-8+. The summed E-state index contributed by atoms with van der Waals surface area (Å²) in [7, 11) is -3.25. The van der Waals surface area contributed by atoms with Gasteiger partial charge in [0.15, 0.2) is 0 Å². The Kier molecular flexibility index (Phi) is 6.21. The minimum atomic E-state index is -3.25. The molecule has 1 fully saturated rings. The van der Waals surface area contributed by atoms with E-state index in [9.17, 15) is 13.2 Å². The Hall–Kier alpha value is -1.37. The molecule has 0 aliphatic carbocycles. The molecule has 1 aromatic carbocycles. The van der Waals surface area contributed by atoms with Gasteiger partial charge in [-0.1, -0.05) is 23.7 Å². The van der Waals surface area contributed by atoms with Crippen molar-refractivity contribution in [1.29, 1.82) is 0 Å². The van der Waals surface area contributed by atoms with Crippen molar-refractivity contribution in [1.82, 2.24) is 9.62 Å². The first kappa shape index (κ1) is 18.0. The van der Waals surface area contributed by atoms with E-state index in [0.717, 1.165) is 31.1 Å². The molecule has 0 saturated carbocycles. The lowest BCUT2D eigenvalue weighted by Crippen LogP contribution is -2.48. The largest absolute Gasteiger partial charge is 0.335 e. The molecule has 0 bridgehead atoms. The topological polar surface area (TPSA) is 66.5 Å². The summed E-state index contributed by atoms with van der Waals surface area (Å²) >= 11 is 5.92. The van der Waals surface area contributed by atoms with Gasteiger partial charge in [0.2, 0.25) is 15.9 Å². The molecule has 7 heteroatoms. The summed E-state index contributed by atoms with van der Waals surface area (Å²) in [5.74, 6) is -0.107. The van der Waals surface area contributed by atoms with E-state index in [4.69, 9.17) is 11.6 Å². The van der Waals surface area contributed by atoms with Crippen molar-refractivity contribution < 1.29 is 13.2 Å². The number of hydrogen-bond donors (Lipinski definition) is 1. The van der Waals surface area contributed by atoms with Crippen LogP contribution in [-0.2, 0) is 14.8 Å². The molecular weight excluding hydrogens is 336 g/mol. The Morgan fingerprint density at radius 2 is 2.22 bits per heavy atom. The minimum Gasteiger partial charge on any atom is -0.335 e. The first-order valence-corrected chi connectivity index (χ1v) is 9.81. The number of nitrogens with zero attached hydrogens (tertiary/aromatic N) is 1. The van der Waals surface area contributed by atoms with Gasteiger partial charge in [-0.3, -0.25) is 4.79 Å². The van der Waals surface area contributed by atoms with Gasteiger partial charge in [-0.15, -0.1) is 0 Å². The second kappa shape index (κ2) is 7.95. The number of halogens is 1. The third-order valence-corrected chi connectivity index (χ3v) is 4.68. The summed E-state index contributed by atoms with van der Waals surface area (Å²) in [4.78, 5) is 14.2. The van der Waals surface area contributed by atoms with Gasteiger partial charge in [0.05, 0.1) is 6.26 Å². The zero-order chi connectivity index (χ0) is 16.9. The molecule has 2 rings (SSSR count). The maximum atomic E-state index is 12.4. The molecule has 1 saturated heterocycles. The summed E-state index contributed by atoms with van der Waals surface area (Å²) in [5, 5.41) is 0.618. The van der Waals surface area contributed by atoms with E-state index in [2.05, 4.69) is 4.72 Å². The van der Waals surface area contributed by atoms with Crippen LogP contribution in [0.25, 0.3) is 6.08 Å². The predicted molar refractivity (Wildman–Crippen MR) is 92.7 cm³/mol. The molecule has 23 heavy (non-hydrogen) atoms. The van der Waals surface area contributed by atoms with Crippen molar-refractivity contribution >= 4 is 33.6 Å². The van der Waals surface area contributed by atoms with E-state index >= 15 is 0 Å². The van der Waals surface area contributed by atoms with Crippen LogP contribution in [0.4, 0.5) is 0 Å². The Balaban J connectivity index is 2.03. The molecule has 1 N–H and O–H groups in total. The molecule has 1 unspecified atom stereocenters. The van der Waals surface area contributed by atoms with Crippen LogP contribution >= 0.6 is 11.6 Å². The van der Waals surface area contributed by atoms with Crippen LogP contribution in [0, 0.1) is 0 Å². The Labute approximate surface area is 142 Å². The number of amides is 1.